The van der Waals surface area contributed by atoms with Crippen LogP contribution >= 0.6 is 27.5 Å². The van der Waals surface area contributed by atoms with E-state index in [1.54, 1.807) is 30.3 Å². The highest BCUT2D eigenvalue weighted by atomic mass is 79.9. The van der Waals surface area contributed by atoms with Crippen LogP contribution in [0.15, 0.2) is 46.9 Å². The van der Waals surface area contributed by atoms with Crippen LogP contribution in [-0.2, 0) is 0 Å². The van der Waals surface area contributed by atoms with E-state index in [1.165, 1.54) is 0 Å². The minimum atomic E-state index is -0.901. The zero-order valence-electron chi connectivity index (χ0n) is 10.7. The molecule has 0 saturated heterocycles. The molecule has 0 aliphatic rings. The van der Waals surface area contributed by atoms with Crippen LogP contribution in [0.1, 0.15) is 27.4 Å². The number of Topliss-reactive ketones (excluding diaryl/α,β-unsaturated/α-hetero) is 1. The Kier molecular flexibility index (Phi) is 4.59. The topological polar surface area (TPSA) is 40.9 Å². The van der Waals surface area contributed by atoms with Crippen LogP contribution in [0.4, 0.5) is 0 Å². The summed E-state index contributed by atoms with van der Waals surface area (Å²) in [7, 11) is 0. The summed E-state index contributed by atoms with van der Waals surface area (Å²) in [6.45, 7) is 1.90. The molecule has 0 aromatic heterocycles. The van der Waals surface area contributed by atoms with E-state index in [4.69, 9.17) is 11.6 Å². The van der Waals surface area contributed by atoms with Gasteiger partial charge in [-0.2, -0.15) is 5.26 Å². The molecule has 0 aliphatic heterocycles. The number of nitriles is 1. The zero-order chi connectivity index (χ0) is 14.7. The summed E-state index contributed by atoms with van der Waals surface area (Å²) >= 11 is 9.44. The quantitative estimate of drug-likeness (QED) is 0.740. The molecule has 2 aromatic carbocycles. The van der Waals surface area contributed by atoms with Crippen LogP contribution in [0, 0.1) is 18.3 Å². The maximum Gasteiger partial charge on any atom is 0.185 e. The Morgan fingerprint density at radius 3 is 2.65 bits per heavy atom. The number of halogens is 2. The number of hydrogen-bond acceptors (Lipinski definition) is 2. The summed E-state index contributed by atoms with van der Waals surface area (Å²) < 4.78 is 0.681. The van der Waals surface area contributed by atoms with Crippen LogP contribution in [-0.4, -0.2) is 5.78 Å². The van der Waals surface area contributed by atoms with E-state index in [9.17, 15) is 10.1 Å². The predicted molar refractivity (Wildman–Crippen MR) is 83.0 cm³/mol. The lowest BCUT2D eigenvalue weighted by Crippen LogP contribution is -2.12. The Morgan fingerprint density at radius 1 is 1.30 bits per heavy atom. The highest BCUT2D eigenvalue weighted by Crippen LogP contribution is 2.29. The number of benzene rings is 2. The Morgan fingerprint density at radius 2 is 2.00 bits per heavy atom. The molecule has 2 rings (SSSR count). The molecule has 0 spiro atoms. The van der Waals surface area contributed by atoms with Gasteiger partial charge in [-0.15, -0.1) is 0 Å². The summed E-state index contributed by atoms with van der Waals surface area (Å²) in [5.41, 5.74) is 2.00. The lowest BCUT2D eigenvalue weighted by molar-refractivity contribution is 0.0978. The fraction of sp³-hybridized carbons (Fsp3) is 0.125. The van der Waals surface area contributed by atoms with Gasteiger partial charge in [0.25, 0.3) is 0 Å². The molecule has 0 amide bonds. The second-order valence-corrected chi connectivity index (χ2v) is 5.69. The average molecular weight is 349 g/mol. The summed E-state index contributed by atoms with van der Waals surface area (Å²) in [4.78, 5) is 12.6. The van der Waals surface area contributed by atoms with Crippen molar-refractivity contribution < 1.29 is 4.79 Å². The first-order valence-corrected chi connectivity index (χ1v) is 7.16. The maximum atomic E-state index is 12.6. The lowest BCUT2D eigenvalue weighted by atomic mass is 9.91. The highest BCUT2D eigenvalue weighted by Gasteiger charge is 2.25. The van der Waals surface area contributed by atoms with E-state index in [-0.39, 0.29) is 5.78 Å². The van der Waals surface area contributed by atoms with Crippen molar-refractivity contribution in [3.63, 3.8) is 0 Å². The van der Waals surface area contributed by atoms with E-state index >= 15 is 0 Å². The normalized spacial score (nSPS) is 11.7. The number of nitrogens with zero attached hydrogens (tertiary/aromatic N) is 1. The van der Waals surface area contributed by atoms with Crippen molar-refractivity contribution in [2.45, 2.75) is 12.8 Å². The Hall–Kier alpha value is -1.63. The third kappa shape index (κ3) is 2.92. The van der Waals surface area contributed by atoms with E-state index < -0.39 is 5.92 Å². The number of ketones is 1. The minimum absolute atomic E-state index is 0.254. The molecule has 2 nitrogen and oxygen atoms in total. The van der Waals surface area contributed by atoms with Crippen molar-refractivity contribution in [3.05, 3.63) is 68.7 Å². The fourth-order valence-electron chi connectivity index (χ4n) is 1.96. The average Bonchev–Trinajstić information content (AvgIpc) is 2.44. The predicted octanol–water partition coefficient (Wildman–Crippen LogP) is 4.90. The molecule has 0 N–H and O–H groups in total. The van der Waals surface area contributed by atoms with Gasteiger partial charge in [0.1, 0.15) is 5.92 Å². The largest absolute Gasteiger partial charge is 0.292 e. The minimum Gasteiger partial charge on any atom is -0.292 e. The smallest absolute Gasteiger partial charge is 0.185 e. The maximum absolute atomic E-state index is 12.6. The van der Waals surface area contributed by atoms with E-state index in [0.29, 0.717) is 20.6 Å². The molecule has 0 radical (unpaired) electrons. The standard InChI is InChI=1S/C16H11BrClNO/c1-10-6-7-14(17)12(8-10)16(20)13(9-19)11-4-2-3-5-15(11)18/h2-8,13H,1H3. The molecule has 4 heteroatoms. The fourth-order valence-corrected chi connectivity index (χ4v) is 2.65. The number of hydrogen-bond donors (Lipinski definition) is 0. The first-order chi connectivity index (χ1) is 9.54. The van der Waals surface area contributed by atoms with Crippen molar-refractivity contribution in [2.24, 2.45) is 0 Å². The number of carbonyl (C=O) groups is 1. The van der Waals surface area contributed by atoms with Gasteiger partial charge >= 0.3 is 0 Å². The molecule has 0 saturated carbocycles. The third-order valence-corrected chi connectivity index (χ3v) is 4.03. The van der Waals surface area contributed by atoms with Crippen LogP contribution < -0.4 is 0 Å². The summed E-state index contributed by atoms with van der Waals surface area (Å²) in [6, 6.07) is 14.5. The van der Waals surface area contributed by atoms with E-state index in [1.807, 2.05) is 25.1 Å². The molecular formula is C16H11BrClNO. The van der Waals surface area contributed by atoms with Gasteiger partial charge in [-0.05, 0) is 30.7 Å². The van der Waals surface area contributed by atoms with Gasteiger partial charge in [0.15, 0.2) is 5.78 Å². The van der Waals surface area contributed by atoms with E-state index in [0.717, 1.165) is 5.56 Å². The van der Waals surface area contributed by atoms with Gasteiger partial charge in [0.05, 0.1) is 6.07 Å². The van der Waals surface area contributed by atoms with Gasteiger partial charge in [0, 0.05) is 15.1 Å². The number of rotatable bonds is 3. The van der Waals surface area contributed by atoms with Crippen molar-refractivity contribution in [3.8, 4) is 6.07 Å². The van der Waals surface area contributed by atoms with Crippen LogP contribution in [0.5, 0.6) is 0 Å². The summed E-state index contributed by atoms with van der Waals surface area (Å²) in [5, 5.41) is 9.78. The summed E-state index contributed by atoms with van der Waals surface area (Å²) in [5.74, 6) is -1.15. The van der Waals surface area contributed by atoms with Gasteiger partial charge < -0.3 is 0 Å². The molecule has 0 fully saturated rings. The van der Waals surface area contributed by atoms with Gasteiger partial charge in [-0.3, -0.25) is 4.79 Å². The van der Waals surface area contributed by atoms with Crippen molar-refractivity contribution in [1.29, 1.82) is 5.26 Å². The molecule has 20 heavy (non-hydrogen) atoms. The number of aryl methyl sites for hydroxylation is 1. The molecular weight excluding hydrogens is 338 g/mol. The highest BCUT2D eigenvalue weighted by molar-refractivity contribution is 9.10. The Labute approximate surface area is 131 Å². The molecule has 1 atom stereocenters. The molecule has 1 unspecified atom stereocenters. The van der Waals surface area contributed by atoms with Gasteiger partial charge in [-0.25, -0.2) is 0 Å². The van der Waals surface area contributed by atoms with Crippen molar-refractivity contribution in [2.75, 3.05) is 0 Å². The monoisotopic (exact) mass is 347 g/mol. The first kappa shape index (κ1) is 14.8. The van der Waals surface area contributed by atoms with Gasteiger partial charge in [-0.1, -0.05) is 57.4 Å². The van der Waals surface area contributed by atoms with Crippen molar-refractivity contribution >= 4 is 33.3 Å². The molecule has 0 heterocycles. The SMILES string of the molecule is Cc1ccc(Br)c(C(=O)C(C#N)c2ccccc2Cl)c1. The van der Waals surface area contributed by atoms with Gasteiger partial charge in [0.2, 0.25) is 0 Å². The lowest BCUT2D eigenvalue weighted by Gasteiger charge is -2.12. The summed E-state index contributed by atoms with van der Waals surface area (Å²) in [6.07, 6.45) is 0. The Balaban J connectivity index is 2.48. The van der Waals surface area contributed by atoms with E-state index in [2.05, 4.69) is 15.9 Å². The van der Waals surface area contributed by atoms with Crippen molar-refractivity contribution in [1.82, 2.24) is 0 Å². The second kappa shape index (κ2) is 6.21. The zero-order valence-corrected chi connectivity index (χ0v) is 13.1. The Bertz CT molecular complexity index is 706. The second-order valence-electron chi connectivity index (χ2n) is 4.43. The number of carbonyl (C=O) groups excluding carboxylic acids is 1. The molecule has 100 valence electrons. The van der Waals surface area contributed by atoms with Crippen LogP contribution in [0.25, 0.3) is 0 Å². The van der Waals surface area contributed by atoms with Crippen LogP contribution in [0.3, 0.4) is 0 Å². The first-order valence-electron chi connectivity index (χ1n) is 5.99. The molecule has 0 aliphatic carbocycles. The molecule has 2 aromatic rings. The molecule has 0 bridgehead atoms. The third-order valence-electron chi connectivity index (χ3n) is 2.99. The van der Waals surface area contributed by atoms with Crippen LogP contribution in [0.2, 0.25) is 5.02 Å².